The number of hydrogen-bond acceptors (Lipinski definition) is 5. The van der Waals surface area contributed by atoms with E-state index in [-0.39, 0.29) is 12.0 Å². The molecule has 2 fully saturated rings. The van der Waals surface area contributed by atoms with Crippen LogP contribution in [0.5, 0.6) is 0 Å². The van der Waals surface area contributed by atoms with Crippen LogP contribution in [0, 0.1) is 5.92 Å². The number of hydrogen-bond donors (Lipinski definition) is 2. The van der Waals surface area contributed by atoms with E-state index in [1.54, 1.807) is 0 Å². The predicted molar refractivity (Wildman–Crippen MR) is 127 cm³/mol. The molecule has 0 spiro atoms. The minimum atomic E-state index is 0.0703. The van der Waals surface area contributed by atoms with Crippen LogP contribution in [0.3, 0.4) is 0 Å². The number of aromatic amines is 1. The molecule has 0 radical (unpaired) electrons. The summed E-state index contributed by atoms with van der Waals surface area (Å²) in [6.07, 6.45) is 10.7. The number of thioether (sulfide) groups is 1. The number of ether oxygens (including phenoxy) is 1. The molecule has 170 valence electrons. The lowest BCUT2D eigenvalue weighted by Gasteiger charge is -2.21. The Morgan fingerprint density at radius 3 is 2.88 bits per heavy atom. The number of para-hydroxylation sites is 1. The smallest absolute Gasteiger partial charge is 0.230 e. The van der Waals surface area contributed by atoms with Crippen LogP contribution < -0.4 is 5.32 Å². The molecule has 3 heterocycles. The van der Waals surface area contributed by atoms with Crippen molar-refractivity contribution >= 4 is 28.6 Å². The molecule has 1 saturated carbocycles. The van der Waals surface area contributed by atoms with E-state index >= 15 is 0 Å². The zero-order valence-corrected chi connectivity index (χ0v) is 19.2. The Bertz CT molecular complexity index is 1050. The second kappa shape index (κ2) is 10.1. The van der Waals surface area contributed by atoms with Crippen LogP contribution >= 0.6 is 11.8 Å². The molecule has 1 saturated heterocycles. The molecule has 1 atom stereocenters. The second-order valence-electron chi connectivity index (χ2n) is 8.90. The Balaban J connectivity index is 1.31. The van der Waals surface area contributed by atoms with Gasteiger partial charge in [-0.05, 0) is 37.7 Å². The lowest BCUT2D eigenvalue weighted by Crippen LogP contribution is -2.31. The van der Waals surface area contributed by atoms with Crippen LogP contribution in [-0.2, 0) is 16.1 Å². The summed E-state index contributed by atoms with van der Waals surface area (Å²) in [4.78, 5) is 15.8. The van der Waals surface area contributed by atoms with Crippen molar-refractivity contribution < 1.29 is 9.53 Å². The number of carbonyl (C=O) groups excluding carboxylic acids is 1. The number of nitrogens with one attached hydrogen (secondary N) is 2. The largest absolute Gasteiger partial charge is 0.376 e. The molecule has 3 aromatic rings. The molecule has 1 amide bonds. The number of rotatable bonds is 8. The molecular formula is C24H31N5O2S. The van der Waals surface area contributed by atoms with E-state index in [0.29, 0.717) is 18.2 Å². The highest BCUT2D eigenvalue weighted by Gasteiger charge is 2.23. The van der Waals surface area contributed by atoms with Gasteiger partial charge in [0.2, 0.25) is 5.91 Å². The topological polar surface area (TPSA) is 84.8 Å². The van der Waals surface area contributed by atoms with E-state index in [9.17, 15) is 4.79 Å². The van der Waals surface area contributed by atoms with Crippen LogP contribution in [-0.4, -0.2) is 50.7 Å². The SMILES string of the molecule is O=C(CSc1nnc(-c2c[nH]c3ccccc23)n1CC1CCCO1)NCC1CCCCC1. The number of fused-ring (bicyclic) bond motifs is 1. The molecule has 2 aromatic heterocycles. The fourth-order valence-corrected chi connectivity index (χ4v) is 5.62. The zero-order valence-electron chi connectivity index (χ0n) is 18.4. The van der Waals surface area contributed by atoms with E-state index in [1.807, 2.05) is 18.3 Å². The van der Waals surface area contributed by atoms with E-state index in [1.165, 1.54) is 43.9 Å². The Morgan fingerprint density at radius 1 is 1.16 bits per heavy atom. The second-order valence-corrected chi connectivity index (χ2v) is 9.84. The molecule has 1 unspecified atom stereocenters. The zero-order chi connectivity index (χ0) is 21.8. The van der Waals surface area contributed by atoms with Crippen molar-refractivity contribution in [3.05, 3.63) is 30.5 Å². The highest BCUT2D eigenvalue weighted by molar-refractivity contribution is 7.99. The van der Waals surface area contributed by atoms with E-state index in [0.717, 1.165) is 53.4 Å². The van der Waals surface area contributed by atoms with Gasteiger partial charge in [0.05, 0.1) is 18.4 Å². The number of carbonyl (C=O) groups is 1. The fraction of sp³-hybridized carbons (Fsp3) is 0.542. The van der Waals surface area contributed by atoms with Crippen LogP contribution in [0.1, 0.15) is 44.9 Å². The highest BCUT2D eigenvalue weighted by Crippen LogP contribution is 2.31. The maximum atomic E-state index is 12.5. The van der Waals surface area contributed by atoms with E-state index in [4.69, 9.17) is 4.74 Å². The van der Waals surface area contributed by atoms with Gasteiger partial charge in [-0.25, -0.2) is 0 Å². The first kappa shape index (κ1) is 21.5. The van der Waals surface area contributed by atoms with Crippen molar-refractivity contribution in [3.63, 3.8) is 0 Å². The van der Waals surface area contributed by atoms with E-state index < -0.39 is 0 Å². The van der Waals surface area contributed by atoms with Gasteiger partial charge in [0.15, 0.2) is 11.0 Å². The lowest BCUT2D eigenvalue weighted by molar-refractivity contribution is -0.118. The Hall–Kier alpha value is -2.32. The molecule has 8 heteroatoms. The van der Waals surface area contributed by atoms with Crippen LogP contribution in [0.15, 0.2) is 35.6 Å². The average molecular weight is 454 g/mol. The summed E-state index contributed by atoms with van der Waals surface area (Å²) < 4.78 is 8.03. The van der Waals surface area contributed by atoms with Crippen molar-refractivity contribution in [1.82, 2.24) is 25.1 Å². The van der Waals surface area contributed by atoms with Gasteiger partial charge in [-0.1, -0.05) is 49.2 Å². The monoisotopic (exact) mass is 453 g/mol. The molecule has 0 bridgehead atoms. The maximum Gasteiger partial charge on any atom is 0.230 e. The Kier molecular flexibility index (Phi) is 6.78. The van der Waals surface area contributed by atoms with Gasteiger partial charge in [0.25, 0.3) is 0 Å². The summed E-state index contributed by atoms with van der Waals surface area (Å²) in [5.74, 6) is 1.88. The lowest BCUT2D eigenvalue weighted by atomic mass is 9.89. The molecule has 2 aliphatic rings. The normalized spacial score (nSPS) is 19.6. The van der Waals surface area contributed by atoms with Gasteiger partial charge < -0.3 is 15.0 Å². The first-order valence-corrected chi connectivity index (χ1v) is 12.8. The molecular weight excluding hydrogens is 422 g/mol. The molecule has 1 aromatic carbocycles. The molecule has 1 aliphatic heterocycles. The Labute approximate surface area is 192 Å². The third-order valence-electron chi connectivity index (χ3n) is 6.60. The van der Waals surface area contributed by atoms with Crippen molar-refractivity contribution in [2.45, 2.75) is 62.8 Å². The maximum absolute atomic E-state index is 12.5. The number of aromatic nitrogens is 4. The van der Waals surface area contributed by atoms with Gasteiger partial charge in [0, 0.05) is 35.8 Å². The molecule has 2 N–H and O–H groups in total. The van der Waals surface area contributed by atoms with Crippen LogP contribution in [0.2, 0.25) is 0 Å². The average Bonchev–Trinajstić information content (AvgIpc) is 3.58. The summed E-state index contributed by atoms with van der Waals surface area (Å²) in [6.45, 7) is 2.30. The van der Waals surface area contributed by atoms with Crippen molar-refractivity contribution in [1.29, 1.82) is 0 Å². The van der Waals surface area contributed by atoms with Gasteiger partial charge in [0.1, 0.15) is 0 Å². The fourth-order valence-electron chi connectivity index (χ4n) is 4.84. The molecule has 5 rings (SSSR count). The van der Waals surface area contributed by atoms with Gasteiger partial charge in [-0.3, -0.25) is 9.36 Å². The predicted octanol–water partition coefficient (Wildman–Crippen LogP) is 4.39. The van der Waals surface area contributed by atoms with Crippen molar-refractivity contribution in [2.24, 2.45) is 5.92 Å². The molecule has 32 heavy (non-hydrogen) atoms. The quantitative estimate of drug-likeness (QED) is 0.494. The summed E-state index contributed by atoms with van der Waals surface area (Å²) in [5.41, 5.74) is 2.10. The number of H-pyrrole nitrogens is 1. The van der Waals surface area contributed by atoms with E-state index in [2.05, 4.69) is 37.2 Å². The van der Waals surface area contributed by atoms with Gasteiger partial charge in [-0.2, -0.15) is 0 Å². The van der Waals surface area contributed by atoms with Crippen LogP contribution in [0.25, 0.3) is 22.3 Å². The Morgan fingerprint density at radius 2 is 2.03 bits per heavy atom. The van der Waals surface area contributed by atoms with Gasteiger partial charge in [-0.15, -0.1) is 10.2 Å². The number of benzene rings is 1. The first-order valence-electron chi connectivity index (χ1n) is 11.8. The molecule has 7 nitrogen and oxygen atoms in total. The van der Waals surface area contributed by atoms with Crippen LogP contribution in [0.4, 0.5) is 0 Å². The highest BCUT2D eigenvalue weighted by atomic mass is 32.2. The standard InChI is InChI=1S/C24H31N5O2S/c30-22(26-13-17-7-2-1-3-8-17)16-32-24-28-27-23(29(24)15-18-9-6-12-31-18)20-14-25-21-11-5-4-10-19(20)21/h4-5,10-11,14,17-18,25H,1-3,6-9,12-13,15-16H2,(H,26,30). The first-order chi connectivity index (χ1) is 15.8. The minimum Gasteiger partial charge on any atom is -0.376 e. The summed E-state index contributed by atoms with van der Waals surface area (Å²) >= 11 is 1.46. The third-order valence-corrected chi connectivity index (χ3v) is 7.57. The minimum absolute atomic E-state index is 0.0703. The summed E-state index contributed by atoms with van der Waals surface area (Å²) in [5, 5.41) is 14.0. The van der Waals surface area contributed by atoms with Gasteiger partial charge >= 0.3 is 0 Å². The third kappa shape index (κ3) is 4.86. The summed E-state index contributed by atoms with van der Waals surface area (Å²) in [6, 6.07) is 8.21. The van der Waals surface area contributed by atoms with Crippen molar-refractivity contribution in [2.75, 3.05) is 18.9 Å². The summed E-state index contributed by atoms with van der Waals surface area (Å²) in [7, 11) is 0. The number of nitrogens with zero attached hydrogens (tertiary/aromatic N) is 3. The molecule has 1 aliphatic carbocycles. The van der Waals surface area contributed by atoms with Crippen molar-refractivity contribution in [3.8, 4) is 11.4 Å². The number of amides is 1.